The van der Waals surface area contributed by atoms with Crippen LogP contribution in [0.5, 0.6) is 0 Å². The fraction of sp³-hybridized carbons (Fsp3) is 0.286. The van der Waals surface area contributed by atoms with Gasteiger partial charge in [-0.1, -0.05) is 0 Å². The Hall–Kier alpha value is -4.20. The second kappa shape index (κ2) is 8.87. The molecule has 4 rings (SSSR count). The number of aromatic amines is 1. The minimum absolute atomic E-state index is 0.0304. The maximum absolute atomic E-state index is 12.9. The van der Waals surface area contributed by atoms with E-state index >= 15 is 0 Å². The van der Waals surface area contributed by atoms with Crippen molar-refractivity contribution in [3.63, 3.8) is 0 Å². The van der Waals surface area contributed by atoms with Crippen LogP contribution in [-0.4, -0.2) is 61.2 Å². The number of carbonyl (C=O) groups excluding carboxylic acids is 1. The quantitative estimate of drug-likeness (QED) is 0.279. The zero-order valence-electron chi connectivity index (χ0n) is 18.8. The van der Waals surface area contributed by atoms with Crippen molar-refractivity contribution in [3.8, 4) is 0 Å². The van der Waals surface area contributed by atoms with E-state index in [4.69, 9.17) is 0 Å². The summed E-state index contributed by atoms with van der Waals surface area (Å²) in [5.41, 5.74) is -0.687. The number of benzene rings is 2. The Bertz CT molecular complexity index is 1550. The molecule has 0 aliphatic carbocycles. The van der Waals surface area contributed by atoms with E-state index in [9.17, 15) is 32.9 Å². The molecule has 1 aromatic heterocycles. The summed E-state index contributed by atoms with van der Waals surface area (Å²) in [5, 5.41) is 11.7. The molecule has 3 aromatic rings. The van der Waals surface area contributed by atoms with Crippen LogP contribution >= 0.6 is 0 Å². The summed E-state index contributed by atoms with van der Waals surface area (Å²) in [4.78, 5) is 55.7. The third-order valence-electron chi connectivity index (χ3n) is 5.71. The first-order valence-corrected chi connectivity index (χ1v) is 12.4. The second-order valence-electron chi connectivity index (χ2n) is 8.15. The molecule has 0 spiro atoms. The van der Waals surface area contributed by atoms with Gasteiger partial charge in [0.15, 0.2) is 5.78 Å². The zero-order valence-corrected chi connectivity index (χ0v) is 19.7. The van der Waals surface area contributed by atoms with E-state index in [1.54, 1.807) is 17.0 Å². The molecule has 0 amide bonds. The highest BCUT2D eigenvalue weighted by molar-refractivity contribution is 7.91. The monoisotopic (exact) mass is 502 g/mol. The van der Waals surface area contributed by atoms with Gasteiger partial charge in [-0.15, -0.1) is 0 Å². The van der Waals surface area contributed by atoms with Crippen LogP contribution in [0.15, 0.2) is 46.0 Å². The van der Waals surface area contributed by atoms with Crippen LogP contribution in [0, 0.1) is 10.1 Å². The Labute approximate surface area is 198 Å². The maximum atomic E-state index is 12.9. The lowest BCUT2D eigenvalue weighted by molar-refractivity contribution is -0.384. The number of ketones is 1. The number of hydrogen-bond donors (Lipinski definition) is 2. The Morgan fingerprint density at radius 2 is 1.66 bits per heavy atom. The molecule has 14 heteroatoms. The van der Waals surface area contributed by atoms with E-state index in [1.165, 1.54) is 13.0 Å². The van der Waals surface area contributed by atoms with E-state index in [0.717, 1.165) is 18.0 Å². The molecule has 0 bridgehead atoms. The molecule has 184 valence electrons. The molecule has 2 aromatic carbocycles. The average Bonchev–Trinajstić information content (AvgIpc) is 2.80. The van der Waals surface area contributed by atoms with Crippen LogP contribution in [0.2, 0.25) is 0 Å². The third kappa shape index (κ3) is 4.87. The van der Waals surface area contributed by atoms with Crippen molar-refractivity contribution in [2.24, 2.45) is 0 Å². The van der Waals surface area contributed by atoms with Crippen LogP contribution in [0.3, 0.4) is 0 Å². The summed E-state index contributed by atoms with van der Waals surface area (Å²) < 4.78 is 23.4. The summed E-state index contributed by atoms with van der Waals surface area (Å²) in [7, 11) is -3.93. The standard InChI is InChI=1S/C21H22N6O7S/c1-13(28)14-3-5-15(6-4-14)24-7-9-25(10-8-24)18-11-16-17(12-19(18)27(31)32)22-21(30)26(20(16)29)23-35(2,33)34/h3-6,11-12,23H,7-10H2,1-2H3,(H,22,30). The summed E-state index contributed by atoms with van der Waals surface area (Å²) in [6.45, 7) is 3.35. The predicted molar refractivity (Wildman–Crippen MR) is 131 cm³/mol. The van der Waals surface area contributed by atoms with Crippen LogP contribution < -0.4 is 25.9 Å². The highest BCUT2D eigenvalue weighted by atomic mass is 32.2. The lowest BCUT2D eigenvalue weighted by atomic mass is 10.1. The molecule has 13 nitrogen and oxygen atoms in total. The number of nitrogens with one attached hydrogen (secondary N) is 2. The predicted octanol–water partition coefficient (Wildman–Crippen LogP) is 0.630. The number of Topliss-reactive ketones (excluding diaryl/α,β-unsaturated/α-hetero) is 1. The van der Waals surface area contributed by atoms with Gasteiger partial charge in [0, 0.05) is 43.5 Å². The van der Waals surface area contributed by atoms with Gasteiger partial charge in [-0.3, -0.25) is 19.7 Å². The normalized spacial score (nSPS) is 14.2. The van der Waals surface area contributed by atoms with Crippen LogP contribution in [0.1, 0.15) is 17.3 Å². The van der Waals surface area contributed by atoms with E-state index < -0.39 is 26.2 Å². The number of anilines is 2. The molecule has 2 heterocycles. The van der Waals surface area contributed by atoms with Crippen molar-refractivity contribution in [2.75, 3.05) is 47.1 Å². The Morgan fingerprint density at radius 1 is 1.06 bits per heavy atom. The van der Waals surface area contributed by atoms with Crippen molar-refractivity contribution >= 4 is 43.8 Å². The van der Waals surface area contributed by atoms with Crippen molar-refractivity contribution < 1.29 is 18.1 Å². The molecule has 1 fully saturated rings. The first-order chi connectivity index (χ1) is 16.4. The van der Waals surface area contributed by atoms with Gasteiger partial charge in [0.25, 0.3) is 11.2 Å². The molecule has 0 atom stereocenters. The molecule has 0 radical (unpaired) electrons. The summed E-state index contributed by atoms with van der Waals surface area (Å²) in [5.74, 6) is -0.0304. The number of nitro benzene ring substituents is 1. The lowest BCUT2D eigenvalue weighted by Crippen LogP contribution is -2.47. The number of aromatic nitrogens is 2. The number of fused-ring (bicyclic) bond motifs is 1. The van der Waals surface area contributed by atoms with Crippen LogP contribution in [-0.2, 0) is 10.0 Å². The fourth-order valence-corrected chi connectivity index (χ4v) is 4.50. The molecule has 35 heavy (non-hydrogen) atoms. The van der Waals surface area contributed by atoms with Gasteiger partial charge >= 0.3 is 5.69 Å². The van der Waals surface area contributed by atoms with Gasteiger partial charge < -0.3 is 14.8 Å². The smallest absolute Gasteiger partial charge is 0.348 e. The van der Waals surface area contributed by atoms with E-state index in [-0.39, 0.29) is 28.1 Å². The van der Waals surface area contributed by atoms with E-state index in [2.05, 4.69) is 9.88 Å². The van der Waals surface area contributed by atoms with Crippen molar-refractivity contribution in [1.29, 1.82) is 0 Å². The Balaban J connectivity index is 1.68. The second-order valence-corrected chi connectivity index (χ2v) is 9.88. The molecule has 1 saturated heterocycles. The van der Waals surface area contributed by atoms with Gasteiger partial charge in [0.05, 0.1) is 22.1 Å². The fourth-order valence-electron chi connectivity index (χ4n) is 4.00. The van der Waals surface area contributed by atoms with Crippen LogP contribution in [0.4, 0.5) is 17.1 Å². The largest absolute Gasteiger partial charge is 0.368 e. The minimum atomic E-state index is -3.93. The van der Waals surface area contributed by atoms with E-state index in [1.807, 2.05) is 17.0 Å². The number of nitrogens with zero attached hydrogens (tertiary/aromatic N) is 4. The SMILES string of the molecule is CC(=O)c1ccc(N2CCN(c3cc4c(=O)n(NS(C)(=O)=O)c(=O)[nH]c4cc3[N+](=O)[O-])CC2)cc1. The highest BCUT2D eigenvalue weighted by Gasteiger charge is 2.26. The lowest BCUT2D eigenvalue weighted by Gasteiger charge is -2.37. The first kappa shape index (κ1) is 23.9. The van der Waals surface area contributed by atoms with Crippen LogP contribution in [0.25, 0.3) is 10.9 Å². The van der Waals surface area contributed by atoms with Gasteiger partial charge in [-0.2, -0.15) is 4.68 Å². The minimum Gasteiger partial charge on any atom is -0.368 e. The maximum Gasteiger partial charge on any atom is 0.348 e. The molecule has 0 unspecified atom stereocenters. The molecule has 1 aliphatic rings. The van der Waals surface area contributed by atoms with Gasteiger partial charge in [-0.05, 0) is 37.3 Å². The summed E-state index contributed by atoms with van der Waals surface area (Å²) in [6.07, 6.45) is 0.789. The number of rotatable bonds is 6. The molecular formula is C21H22N6O7S. The zero-order chi connectivity index (χ0) is 25.5. The summed E-state index contributed by atoms with van der Waals surface area (Å²) >= 11 is 0. The molecule has 0 saturated carbocycles. The number of piperazine rings is 1. The van der Waals surface area contributed by atoms with Gasteiger partial charge in [0.2, 0.25) is 10.0 Å². The topological polar surface area (TPSA) is 168 Å². The Morgan fingerprint density at radius 3 is 2.20 bits per heavy atom. The first-order valence-electron chi connectivity index (χ1n) is 10.5. The highest BCUT2D eigenvalue weighted by Crippen LogP contribution is 2.32. The van der Waals surface area contributed by atoms with E-state index in [0.29, 0.717) is 36.4 Å². The average molecular weight is 503 g/mol. The third-order valence-corrected chi connectivity index (χ3v) is 6.22. The number of carbonyl (C=O) groups is 1. The summed E-state index contributed by atoms with van der Waals surface area (Å²) in [6, 6.07) is 9.58. The van der Waals surface area contributed by atoms with Crippen molar-refractivity contribution in [3.05, 3.63) is 72.9 Å². The molecule has 1 aliphatic heterocycles. The molecular weight excluding hydrogens is 480 g/mol. The number of H-pyrrole nitrogens is 1. The number of nitro groups is 1. The number of sulfonamides is 1. The Kier molecular flexibility index (Phi) is 6.06. The van der Waals surface area contributed by atoms with Crippen molar-refractivity contribution in [1.82, 2.24) is 9.66 Å². The number of hydrogen-bond acceptors (Lipinski definition) is 9. The van der Waals surface area contributed by atoms with Gasteiger partial charge in [-0.25, -0.2) is 18.0 Å². The van der Waals surface area contributed by atoms with Crippen molar-refractivity contribution in [2.45, 2.75) is 6.92 Å². The molecule has 2 N–H and O–H groups in total. The van der Waals surface area contributed by atoms with Gasteiger partial charge in [0.1, 0.15) is 5.69 Å².